The second kappa shape index (κ2) is 4.89. The van der Waals surface area contributed by atoms with Crippen molar-refractivity contribution < 1.29 is 0 Å². The van der Waals surface area contributed by atoms with E-state index in [0.717, 1.165) is 29.8 Å². The SMILES string of the molecule is CC1CCC(N2CCNC(C3CC3)C2)C(C)C1. The molecule has 0 bridgehead atoms. The van der Waals surface area contributed by atoms with E-state index in [2.05, 4.69) is 24.1 Å². The molecule has 0 amide bonds. The van der Waals surface area contributed by atoms with Crippen molar-refractivity contribution in [3.05, 3.63) is 0 Å². The summed E-state index contributed by atoms with van der Waals surface area (Å²) in [6.07, 6.45) is 7.29. The van der Waals surface area contributed by atoms with Gasteiger partial charge in [-0.05, 0) is 49.9 Å². The maximum atomic E-state index is 3.73. The second-order valence-electron chi connectivity index (χ2n) is 6.86. The van der Waals surface area contributed by atoms with Crippen LogP contribution >= 0.6 is 0 Å². The highest BCUT2D eigenvalue weighted by Crippen LogP contribution is 2.36. The van der Waals surface area contributed by atoms with E-state index in [1.54, 1.807) is 0 Å². The Morgan fingerprint density at radius 1 is 1.06 bits per heavy atom. The van der Waals surface area contributed by atoms with Crippen molar-refractivity contribution in [1.82, 2.24) is 10.2 Å². The third-order valence-electron chi connectivity index (χ3n) is 5.28. The summed E-state index contributed by atoms with van der Waals surface area (Å²) in [5, 5.41) is 3.73. The van der Waals surface area contributed by atoms with E-state index in [4.69, 9.17) is 0 Å². The van der Waals surface area contributed by atoms with Gasteiger partial charge in [-0.15, -0.1) is 0 Å². The van der Waals surface area contributed by atoms with Gasteiger partial charge in [-0.2, -0.15) is 0 Å². The van der Waals surface area contributed by atoms with Crippen LogP contribution in [-0.2, 0) is 0 Å². The maximum Gasteiger partial charge on any atom is 0.0223 e. The molecular formula is C15H28N2. The minimum Gasteiger partial charge on any atom is -0.311 e. The molecule has 1 N–H and O–H groups in total. The van der Waals surface area contributed by atoms with Crippen LogP contribution in [0, 0.1) is 17.8 Å². The molecule has 17 heavy (non-hydrogen) atoms. The lowest BCUT2D eigenvalue weighted by atomic mass is 9.79. The summed E-state index contributed by atoms with van der Waals surface area (Å²) < 4.78 is 0. The summed E-state index contributed by atoms with van der Waals surface area (Å²) in [6, 6.07) is 1.70. The topological polar surface area (TPSA) is 15.3 Å². The van der Waals surface area contributed by atoms with Crippen LogP contribution in [0.5, 0.6) is 0 Å². The van der Waals surface area contributed by atoms with Gasteiger partial charge in [-0.3, -0.25) is 4.90 Å². The molecule has 1 aliphatic heterocycles. The van der Waals surface area contributed by atoms with Crippen molar-refractivity contribution in [3.8, 4) is 0 Å². The lowest BCUT2D eigenvalue weighted by molar-refractivity contribution is 0.0638. The van der Waals surface area contributed by atoms with Gasteiger partial charge in [0.1, 0.15) is 0 Å². The quantitative estimate of drug-likeness (QED) is 0.792. The smallest absolute Gasteiger partial charge is 0.0223 e. The Hall–Kier alpha value is -0.0800. The van der Waals surface area contributed by atoms with E-state index in [0.29, 0.717) is 0 Å². The first kappa shape index (κ1) is 12.0. The zero-order chi connectivity index (χ0) is 11.8. The fourth-order valence-corrected chi connectivity index (χ4v) is 4.11. The molecule has 0 aromatic heterocycles. The van der Waals surface area contributed by atoms with Crippen molar-refractivity contribution in [2.45, 2.75) is 58.0 Å². The monoisotopic (exact) mass is 236 g/mol. The molecular weight excluding hydrogens is 208 g/mol. The third-order valence-corrected chi connectivity index (χ3v) is 5.28. The summed E-state index contributed by atoms with van der Waals surface area (Å²) in [6.45, 7) is 8.74. The highest BCUT2D eigenvalue weighted by atomic mass is 15.2. The van der Waals surface area contributed by atoms with Crippen molar-refractivity contribution >= 4 is 0 Å². The Balaban J connectivity index is 1.58. The van der Waals surface area contributed by atoms with Gasteiger partial charge < -0.3 is 5.32 Å². The summed E-state index contributed by atoms with van der Waals surface area (Å²) in [5.41, 5.74) is 0. The van der Waals surface area contributed by atoms with Gasteiger partial charge in [0.15, 0.2) is 0 Å². The Bertz CT molecular complexity index is 262. The Morgan fingerprint density at radius 2 is 1.88 bits per heavy atom. The fourth-order valence-electron chi connectivity index (χ4n) is 4.11. The molecule has 0 radical (unpaired) electrons. The van der Waals surface area contributed by atoms with E-state index in [9.17, 15) is 0 Å². The lowest BCUT2D eigenvalue weighted by Crippen LogP contribution is -2.56. The minimum atomic E-state index is 0.815. The van der Waals surface area contributed by atoms with Gasteiger partial charge >= 0.3 is 0 Å². The van der Waals surface area contributed by atoms with Gasteiger partial charge in [0.25, 0.3) is 0 Å². The zero-order valence-electron chi connectivity index (χ0n) is 11.5. The molecule has 3 fully saturated rings. The van der Waals surface area contributed by atoms with E-state index in [1.165, 1.54) is 51.7 Å². The molecule has 4 atom stereocenters. The Kier molecular flexibility index (Phi) is 3.45. The zero-order valence-corrected chi connectivity index (χ0v) is 11.5. The molecule has 2 nitrogen and oxygen atoms in total. The highest BCUT2D eigenvalue weighted by molar-refractivity contribution is 4.94. The van der Waals surface area contributed by atoms with Crippen molar-refractivity contribution in [3.63, 3.8) is 0 Å². The molecule has 2 heteroatoms. The molecule has 3 rings (SSSR count). The number of rotatable bonds is 2. The van der Waals surface area contributed by atoms with Crippen molar-refractivity contribution in [2.75, 3.05) is 19.6 Å². The van der Waals surface area contributed by atoms with E-state index in [1.807, 2.05) is 0 Å². The van der Waals surface area contributed by atoms with Gasteiger partial charge in [-0.1, -0.05) is 13.8 Å². The number of nitrogens with zero attached hydrogens (tertiary/aromatic N) is 1. The molecule has 2 aliphatic carbocycles. The van der Waals surface area contributed by atoms with Crippen LogP contribution in [0.25, 0.3) is 0 Å². The average Bonchev–Trinajstić information content (AvgIpc) is 3.13. The van der Waals surface area contributed by atoms with E-state index >= 15 is 0 Å². The molecule has 98 valence electrons. The van der Waals surface area contributed by atoms with Crippen LogP contribution in [0.2, 0.25) is 0 Å². The van der Waals surface area contributed by atoms with Crippen molar-refractivity contribution in [2.24, 2.45) is 17.8 Å². The summed E-state index contributed by atoms with van der Waals surface area (Å²) in [5.74, 6) is 2.88. The first-order valence-electron chi connectivity index (χ1n) is 7.71. The van der Waals surface area contributed by atoms with Gasteiger partial charge in [0, 0.05) is 31.7 Å². The van der Waals surface area contributed by atoms with Crippen LogP contribution in [0.3, 0.4) is 0 Å². The standard InChI is InChI=1S/C15H28N2/c1-11-3-6-15(12(2)9-11)17-8-7-16-14(10-17)13-4-5-13/h11-16H,3-10H2,1-2H3. The summed E-state index contributed by atoms with van der Waals surface area (Å²) in [7, 11) is 0. The van der Waals surface area contributed by atoms with Crippen LogP contribution in [0.4, 0.5) is 0 Å². The second-order valence-corrected chi connectivity index (χ2v) is 6.86. The molecule has 0 aromatic rings. The van der Waals surface area contributed by atoms with E-state index in [-0.39, 0.29) is 0 Å². The summed E-state index contributed by atoms with van der Waals surface area (Å²) in [4.78, 5) is 2.82. The van der Waals surface area contributed by atoms with Gasteiger partial charge in [-0.25, -0.2) is 0 Å². The average molecular weight is 236 g/mol. The molecule has 0 aromatic carbocycles. The lowest BCUT2D eigenvalue weighted by Gasteiger charge is -2.44. The first-order chi connectivity index (χ1) is 8.24. The van der Waals surface area contributed by atoms with Crippen LogP contribution in [-0.4, -0.2) is 36.6 Å². The molecule has 4 unspecified atom stereocenters. The predicted molar refractivity (Wildman–Crippen MR) is 72.1 cm³/mol. The number of hydrogen-bond acceptors (Lipinski definition) is 2. The first-order valence-corrected chi connectivity index (χ1v) is 7.71. The maximum absolute atomic E-state index is 3.73. The Morgan fingerprint density at radius 3 is 2.59 bits per heavy atom. The molecule has 1 heterocycles. The van der Waals surface area contributed by atoms with Crippen LogP contribution < -0.4 is 5.32 Å². The van der Waals surface area contributed by atoms with E-state index < -0.39 is 0 Å². The van der Waals surface area contributed by atoms with Crippen LogP contribution in [0.1, 0.15) is 46.0 Å². The number of nitrogens with one attached hydrogen (secondary N) is 1. The molecule has 3 aliphatic rings. The van der Waals surface area contributed by atoms with Gasteiger partial charge in [0.2, 0.25) is 0 Å². The minimum absolute atomic E-state index is 0.815. The van der Waals surface area contributed by atoms with Crippen LogP contribution in [0.15, 0.2) is 0 Å². The van der Waals surface area contributed by atoms with Crippen molar-refractivity contribution in [1.29, 1.82) is 0 Å². The molecule has 0 spiro atoms. The summed E-state index contributed by atoms with van der Waals surface area (Å²) >= 11 is 0. The van der Waals surface area contributed by atoms with Gasteiger partial charge in [0.05, 0.1) is 0 Å². The highest BCUT2D eigenvalue weighted by Gasteiger charge is 2.37. The normalized spacial score (nSPS) is 44.8. The fraction of sp³-hybridized carbons (Fsp3) is 1.00. The number of hydrogen-bond donors (Lipinski definition) is 1. The third kappa shape index (κ3) is 2.68. The molecule has 1 saturated heterocycles. The molecule has 2 saturated carbocycles. The largest absolute Gasteiger partial charge is 0.311 e. The predicted octanol–water partition coefficient (Wildman–Crippen LogP) is 2.49. The Labute approximate surface area is 106 Å². The number of piperazine rings is 1.